The van der Waals surface area contributed by atoms with Crippen LogP contribution in [0.5, 0.6) is 5.75 Å². The number of hydrogen-bond donors (Lipinski definition) is 1. The molecular weight excluding hydrogens is 466 g/mol. The fourth-order valence-corrected chi connectivity index (χ4v) is 6.95. The van der Waals surface area contributed by atoms with Crippen LogP contribution in [0.25, 0.3) is 0 Å². The molecule has 1 aromatic carbocycles. The first-order valence-electron chi connectivity index (χ1n) is 11.0. The molecule has 0 aliphatic heterocycles. The first-order valence-corrected chi connectivity index (χ1v) is 11.0. The van der Waals surface area contributed by atoms with Crippen LogP contribution in [0.2, 0.25) is 0 Å². The molecule has 0 spiro atoms. The maximum Gasteiger partial charge on any atom is 0.321 e. The minimum atomic E-state index is -1.32. The molecule has 6 atom stereocenters. The van der Waals surface area contributed by atoms with Gasteiger partial charge in [-0.3, -0.25) is 25.0 Å². The molecule has 0 saturated heterocycles. The molecule has 4 rings (SSSR count). The molecule has 186 valence electrons. The lowest BCUT2D eigenvalue weighted by atomic mass is 9.52. The third kappa shape index (κ3) is 3.43. The van der Waals surface area contributed by atoms with Gasteiger partial charge in [0.1, 0.15) is 6.10 Å². The number of aromatic hydroxyl groups is 1. The zero-order valence-corrected chi connectivity index (χ0v) is 19.0. The van der Waals surface area contributed by atoms with Crippen LogP contribution < -0.4 is 0 Å². The molecule has 0 amide bonds. The smallest absolute Gasteiger partial charge is 0.321 e. The zero-order chi connectivity index (χ0) is 25.9. The van der Waals surface area contributed by atoms with Gasteiger partial charge in [0.25, 0.3) is 10.8 Å². The lowest BCUT2D eigenvalue weighted by molar-refractivity contribution is -0.771. The van der Waals surface area contributed by atoms with Crippen LogP contribution in [0, 0.1) is 59.9 Å². The molecule has 2 fully saturated rings. The van der Waals surface area contributed by atoms with Crippen LogP contribution in [0.4, 0.5) is 11.4 Å². The van der Waals surface area contributed by atoms with Gasteiger partial charge in [-0.05, 0) is 49.5 Å². The Morgan fingerprint density at radius 1 is 1.23 bits per heavy atom. The normalized spacial score (nSPS) is 32.8. The van der Waals surface area contributed by atoms with Crippen molar-refractivity contribution in [1.29, 1.82) is 0 Å². The van der Waals surface area contributed by atoms with Crippen molar-refractivity contribution in [1.82, 2.24) is 0 Å². The Kier molecular flexibility index (Phi) is 5.58. The van der Waals surface area contributed by atoms with E-state index in [-0.39, 0.29) is 35.8 Å². The largest absolute Gasteiger partial charge is 0.497 e. The van der Waals surface area contributed by atoms with Gasteiger partial charge in [-0.1, -0.05) is 12.8 Å². The SMILES string of the molecule is C#C[C@]1(OC(C)=O)CC[C@H]2[C@@H]3CCc4c(cc([N+](=O)[O-])c(O)c4[N+](=O)[O-])[C@H]3[C@H](O[N+](=O)[O-])C[C@@]21C. The Bertz CT molecular complexity index is 1190. The number of carbonyl (C=O) groups excluding carboxylic acids is 1. The molecule has 0 bridgehead atoms. The van der Waals surface area contributed by atoms with Gasteiger partial charge in [0.15, 0.2) is 5.60 Å². The Labute approximate surface area is 198 Å². The maximum atomic E-state index is 11.9. The van der Waals surface area contributed by atoms with Gasteiger partial charge in [0, 0.05) is 29.9 Å². The molecule has 3 aliphatic rings. The Hall–Kier alpha value is -3.95. The van der Waals surface area contributed by atoms with Crippen LogP contribution >= 0.6 is 0 Å². The highest BCUT2D eigenvalue weighted by molar-refractivity contribution is 5.68. The standard InChI is InChI=1S/C22H23N3O10/c1-4-22(34-11(2)26)8-7-15-13-6-5-12-14(9-16(23(28)29)20(27)19(12)24(30)31)18(13)17(35-25(32)33)10-21(15,22)3/h1,9,13,15,17-18,27H,5-8,10H2,2-3H3/t13-,15-,17+,18-,21-,22-/m0/s1. The summed E-state index contributed by atoms with van der Waals surface area (Å²) in [6, 6.07) is 1.06. The number of phenolic OH excluding ortho intramolecular Hbond substituents is 1. The molecule has 0 aromatic heterocycles. The van der Waals surface area contributed by atoms with Crippen LogP contribution in [-0.4, -0.2) is 37.7 Å². The highest BCUT2D eigenvalue weighted by Crippen LogP contribution is 2.66. The molecule has 0 heterocycles. The number of hydrogen-bond acceptors (Lipinski definition) is 10. The molecule has 1 N–H and O–H groups in total. The summed E-state index contributed by atoms with van der Waals surface area (Å²) in [6.07, 6.45) is 5.97. The van der Waals surface area contributed by atoms with E-state index in [9.17, 15) is 40.2 Å². The summed E-state index contributed by atoms with van der Waals surface area (Å²) in [7, 11) is 0. The van der Waals surface area contributed by atoms with Crippen molar-refractivity contribution >= 4 is 17.3 Å². The Morgan fingerprint density at radius 2 is 1.91 bits per heavy atom. The second-order valence-corrected chi connectivity index (χ2v) is 9.60. The van der Waals surface area contributed by atoms with Gasteiger partial charge in [-0.15, -0.1) is 16.5 Å². The Morgan fingerprint density at radius 3 is 2.46 bits per heavy atom. The van der Waals surface area contributed by atoms with E-state index >= 15 is 0 Å². The van der Waals surface area contributed by atoms with Crippen molar-refractivity contribution in [2.45, 2.75) is 63.6 Å². The molecule has 1 aromatic rings. The number of ether oxygens (including phenoxy) is 1. The quantitative estimate of drug-likeness (QED) is 0.279. The fourth-order valence-electron chi connectivity index (χ4n) is 6.95. The van der Waals surface area contributed by atoms with Crippen LogP contribution in [-0.2, 0) is 20.8 Å². The second-order valence-electron chi connectivity index (χ2n) is 9.60. The van der Waals surface area contributed by atoms with Gasteiger partial charge in [0.05, 0.1) is 9.85 Å². The van der Waals surface area contributed by atoms with E-state index in [0.717, 1.165) is 6.07 Å². The predicted octanol–water partition coefficient (Wildman–Crippen LogP) is 3.19. The molecule has 0 unspecified atom stereocenters. The number of benzene rings is 1. The number of nitro benzene ring substituents is 2. The minimum absolute atomic E-state index is 0.0147. The van der Waals surface area contributed by atoms with Crippen molar-refractivity contribution in [3.05, 3.63) is 47.5 Å². The van der Waals surface area contributed by atoms with E-state index in [0.29, 0.717) is 19.3 Å². The third-order valence-electron chi connectivity index (χ3n) is 8.18. The lowest BCUT2D eigenvalue weighted by Gasteiger charge is -2.54. The predicted molar refractivity (Wildman–Crippen MR) is 117 cm³/mol. The van der Waals surface area contributed by atoms with E-state index in [2.05, 4.69) is 5.92 Å². The molecule has 0 radical (unpaired) electrons. The number of esters is 1. The summed E-state index contributed by atoms with van der Waals surface area (Å²) in [5, 5.41) is 44.1. The molecule has 13 nitrogen and oxygen atoms in total. The van der Waals surface area contributed by atoms with Gasteiger partial charge < -0.3 is 14.7 Å². The average Bonchev–Trinajstić information content (AvgIpc) is 3.03. The number of terminal acetylenes is 1. The monoisotopic (exact) mass is 489 g/mol. The molecule has 35 heavy (non-hydrogen) atoms. The fraction of sp³-hybridized carbons (Fsp3) is 0.591. The number of carbonyl (C=O) groups is 1. The van der Waals surface area contributed by atoms with Gasteiger partial charge >= 0.3 is 17.3 Å². The van der Waals surface area contributed by atoms with Crippen molar-refractivity contribution in [2.75, 3.05) is 0 Å². The second kappa shape index (κ2) is 8.07. The van der Waals surface area contributed by atoms with Crippen molar-refractivity contribution in [2.24, 2.45) is 17.3 Å². The third-order valence-corrected chi connectivity index (χ3v) is 8.18. The topological polar surface area (TPSA) is 185 Å². The first-order chi connectivity index (χ1) is 16.4. The van der Waals surface area contributed by atoms with E-state index in [1.807, 2.05) is 0 Å². The van der Waals surface area contributed by atoms with Crippen LogP contribution in [0.1, 0.15) is 56.6 Å². The van der Waals surface area contributed by atoms with E-state index in [4.69, 9.17) is 16.0 Å². The maximum absolute atomic E-state index is 11.9. The minimum Gasteiger partial charge on any atom is -0.497 e. The number of nitro groups is 2. The highest BCUT2D eigenvalue weighted by atomic mass is 17.0. The average molecular weight is 489 g/mol. The van der Waals surface area contributed by atoms with Crippen molar-refractivity contribution < 1.29 is 34.4 Å². The first kappa shape index (κ1) is 24.2. The molecule has 3 aliphatic carbocycles. The zero-order valence-electron chi connectivity index (χ0n) is 19.0. The van der Waals surface area contributed by atoms with E-state index < -0.39 is 61.1 Å². The van der Waals surface area contributed by atoms with E-state index in [1.54, 1.807) is 6.92 Å². The van der Waals surface area contributed by atoms with Gasteiger partial charge in [0.2, 0.25) is 0 Å². The summed E-state index contributed by atoms with van der Waals surface area (Å²) in [5.41, 5.74) is -3.57. The summed E-state index contributed by atoms with van der Waals surface area (Å²) in [5.74, 6) is -0.371. The molecule has 2 saturated carbocycles. The van der Waals surface area contributed by atoms with Crippen molar-refractivity contribution in [3.63, 3.8) is 0 Å². The molecular formula is C22H23N3O10. The number of nitrogens with zero attached hydrogens (tertiary/aromatic N) is 3. The Balaban J connectivity index is 1.92. The number of fused-ring (bicyclic) bond motifs is 5. The summed E-state index contributed by atoms with van der Waals surface area (Å²) >= 11 is 0. The van der Waals surface area contributed by atoms with Gasteiger partial charge in [-0.2, -0.15) is 0 Å². The summed E-state index contributed by atoms with van der Waals surface area (Å²) in [6.45, 7) is 3.03. The molecule has 13 heteroatoms. The number of rotatable bonds is 5. The van der Waals surface area contributed by atoms with Crippen molar-refractivity contribution in [3.8, 4) is 18.1 Å². The van der Waals surface area contributed by atoms with E-state index in [1.165, 1.54) is 6.92 Å². The van der Waals surface area contributed by atoms with Crippen LogP contribution in [0.15, 0.2) is 6.07 Å². The van der Waals surface area contributed by atoms with Gasteiger partial charge in [-0.25, -0.2) is 0 Å². The highest BCUT2D eigenvalue weighted by Gasteiger charge is 2.66. The summed E-state index contributed by atoms with van der Waals surface area (Å²) < 4.78 is 5.63. The number of phenols is 1. The lowest BCUT2D eigenvalue weighted by Crippen LogP contribution is -2.56. The summed E-state index contributed by atoms with van der Waals surface area (Å²) in [4.78, 5) is 50.0. The van der Waals surface area contributed by atoms with Crippen LogP contribution in [0.3, 0.4) is 0 Å².